The summed E-state index contributed by atoms with van der Waals surface area (Å²) in [6, 6.07) is 0. The molecule has 4 nitrogen and oxygen atoms in total. The molecule has 0 radical (unpaired) electrons. The van der Waals surface area contributed by atoms with Crippen molar-refractivity contribution >= 4 is 8.32 Å². The van der Waals surface area contributed by atoms with Crippen molar-refractivity contribution in [2.45, 2.75) is 126 Å². The molecule has 3 rings (SSSR count). The molecule has 3 aliphatic carbocycles. The minimum atomic E-state index is -4.63. The molecular formula is C21H42O4SiTi. The predicted molar refractivity (Wildman–Crippen MR) is 108 cm³/mol. The van der Waals surface area contributed by atoms with E-state index < -0.39 is 26.5 Å². The van der Waals surface area contributed by atoms with Crippen LogP contribution in [-0.4, -0.2) is 22.3 Å². The first kappa shape index (κ1) is 22.5. The maximum atomic E-state index is 10.9. The molecular weight excluding hydrogens is 392 g/mol. The van der Waals surface area contributed by atoms with E-state index in [0.717, 1.165) is 6.42 Å². The van der Waals surface area contributed by atoms with Gasteiger partial charge >= 0.3 is 173 Å². The Morgan fingerprint density at radius 2 is 1.07 bits per heavy atom. The number of rotatable bonds is 8. The second-order valence-electron chi connectivity index (χ2n) is 9.36. The zero-order chi connectivity index (χ0) is 19.2. The van der Waals surface area contributed by atoms with Crippen LogP contribution in [0.1, 0.15) is 110 Å². The molecule has 3 saturated carbocycles. The van der Waals surface area contributed by atoms with E-state index in [2.05, 4.69) is 0 Å². The first-order valence-electron chi connectivity index (χ1n) is 11.9. The summed E-state index contributed by atoms with van der Waals surface area (Å²) in [6.07, 6.45) is 20.2. The average molecular weight is 435 g/mol. The Labute approximate surface area is 172 Å². The predicted octanol–water partition coefficient (Wildman–Crippen LogP) is 6.18. The Morgan fingerprint density at radius 1 is 0.704 bits per heavy atom. The average Bonchev–Trinajstić information content (AvgIpc) is 2.72. The van der Waals surface area contributed by atoms with E-state index in [0.29, 0.717) is 23.2 Å². The van der Waals surface area contributed by atoms with Crippen LogP contribution in [0, 0.1) is 0 Å². The molecule has 6 heteroatoms. The summed E-state index contributed by atoms with van der Waals surface area (Å²) in [6.45, 7) is 2.43. The first-order chi connectivity index (χ1) is 13.1. The van der Waals surface area contributed by atoms with Gasteiger partial charge in [0.1, 0.15) is 0 Å². The third kappa shape index (κ3) is 5.68. The van der Waals surface area contributed by atoms with E-state index in [9.17, 15) is 7.38 Å². The summed E-state index contributed by atoms with van der Waals surface area (Å²) >= 11 is -4.63. The molecule has 0 amide bonds. The van der Waals surface area contributed by atoms with Gasteiger partial charge < -0.3 is 0 Å². The molecule has 0 aliphatic heterocycles. The molecule has 0 heterocycles. The Hall–Kier alpha value is 0.771. The zero-order valence-corrected chi connectivity index (χ0v) is 20.0. The second-order valence-corrected chi connectivity index (χ2v) is 16.8. The molecule has 0 spiro atoms. The van der Waals surface area contributed by atoms with Crippen molar-refractivity contribution < 1.29 is 31.8 Å². The van der Waals surface area contributed by atoms with E-state index in [1.165, 1.54) is 96.3 Å². The van der Waals surface area contributed by atoms with Gasteiger partial charge in [-0.1, -0.05) is 0 Å². The molecule has 0 saturated heterocycles. The zero-order valence-electron chi connectivity index (χ0n) is 17.5. The van der Waals surface area contributed by atoms with E-state index >= 15 is 0 Å². The molecule has 2 N–H and O–H groups in total. The van der Waals surface area contributed by atoms with E-state index in [-0.39, 0.29) is 0 Å². The van der Waals surface area contributed by atoms with Crippen LogP contribution < -0.4 is 0 Å². The molecule has 0 atom stereocenters. The summed E-state index contributed by atoms with van der Waals surface area (Å²) in [7, 11) is -2.32. The van der Waals surface area contributed by atoms with Crippen LogP contribution in [0.15, 0.2) is 0 Å². The van der Waals surface area contributed by atoms with Crippen LogP contribution in [0.5, 0.6) is 0 Å². The van der Waals surface area contributed by atoms with E-state index in [4.69, 9.17) is 6.33 Å². The van der Waals surface area contributed by atoms with Crippen LogP contribution in [0.3, 0.4) is 0 Å². The van der Waals surface area contributed by atoms with Crippen molar-refractivity contribution in [2.75, 3.05) is 6.61 Å². The van der Waals surface area contributed by atoms with Crippen molar-refractivity contribution in [2.24, 2.45) is 0 Å². The van der Waals surface area contributed by atoms with Crippen molar-refractivity contribution in [3.8, 4) is 0 Å². The summed E-state index contributed by atoms with van der Waals surface area (Å²) in [4.78, 5) is 0. The van der Waals surface area contributed by atoms with Crippen LogP contribution >= 0.6 is 0 Å². The normalized spacial score (nSPS) is 25.0. The standard InChI is InChI=1S/C18H33OSi.C3H7O.2H2O.Ti/c19-20(16-10-4-1-5-11-16,17-12-6-2-7-13-17)18-14-8-3-9-15-18;1-2-3-4;;;/h16-18H,1-15H2;2-3H2,1H3;2*1H2;/q2*-1;;;+4/p-2. The molecule has 3 aliphatic rings. The molecule has 0 aromatic rings. The van der Waals surface area contributed by atoms with Crippen molar-refractivity contribution in [3.05, 3.63) is 0 Å². The number of hydrogen-bond acceptors (Lipinski definition) is 4. The fourth-order valence-corrected chi connectivity index (χ4v) is 18.9. The summed E-state index contributed by atoms with van der Waals surface area (Å²) in [5, 5.41) is 0. The molecule has 27 heavy (non-hydrogen) atoms. The summed E-state index contributed by atoms with van der Waals surface area (Å²) in [5.74, 6) is 0. The van der Waals surface area contributed by atoms with E-state index in [1.807, 2.05) is 6.92 Å². The first-order valence-corrected chi connectivity index (χ1v) is 16.7. The molecule has 158 valence electrons. The van der Waals surface area contributed by atoms with Gasteiger partial charge in [0.05, 0.1) is 0 Å². The van der Waals surface area contributed by atoms with Crippen LogP contribution in [-0.2, 0) is 24.5 Å². The Balaban J connectivity index is 1.93. The quantitative estimate of drug-likeness (QED) is 0.448. The van der Waals surface area contributed by atoms with E-state index in [1.54, 1.807) is 0 Å². The fraction of sp³-hybridized carbons (Fsp3) is 1.00. The molecule has 3 fully saturated rings. The van der Waals surface area contributed by atoms with Gasteiger partial charge in [0, 0.05) is 0 Å². The SMILES string of the molecule is CCC[O][Ti]([OH])([OH])[O][Si](C1CCCCC1)(C1CCCCC1)C1CCCCC1. The van der Waals surface area contributed by atoms with Crippen molar-refractivity contribution in [1.82, 2.24) is 0 Å². The van der Waals surface area contributed by atoms with Gasteiger partial charge in [-0.25, -0.2) is 0 Å². The summed E-state index contributed by atoms with van der Waals surface area (Å²) in [5.41, 5.74) is 1.85. The van der Waals surface area contributed by atoms with Gasteiger partial charge in [-0.15, -0.1) is 0 Å². The maximum absolute atomic E-state index is 10.9. The van der Waals surface area contributed by atoms with Gasteiger partial charge in [0.25, 0.3) is 0 Å². The van der Waals surface area contributed by atoms with Crippen molar-refractivity contribution in [3.63, 3.8) is 0 Å². The third-order valence-electron chi connectivity index (χ3n) is 7.53. The Bertz CT molecular complexity index is 384. The van der Waals surface area contributed by atoms with Crippen molar-refractivity contribution in [1.29, 1.82) is 0 Å². The Morgan fingerprint density at radius 3 is 1.41 bits per heavy atom. The van der Waals surface area contributed by atoms with Gasteiger partial charge in [-0.2, -0.15) is 0 Å². The Kier molecular flexibility index (Phi) is 8.90. The topological polar surface area (TPSA) is 58.9 Å². The van der Waals surface area contributed by atoms with Crippen LogP contribution in [0.25, 0.3) is 0 Å². The van der Waals surface area contributed by atoms with Gasteiger partial charge in [0.15, 0.2) is 0 Å². The fourth-order valence-electron chi connectivity index (χ4n) is 6.41. The van der Waals surface area contributed by atoms with Gasteiger partial charge in [-0.3, -0.25) is 0 Å². The molecule has 0 unspecified atom stereocenters. The number of hydrogen-bond donors (Lipinski definition) is 2. The molecule has 0 aromatic heterocycles. The monoisotopic (exact) mass is 434 g/mol. The van der Waals surface area contributed by atoms with Crippen LogP contribution in [0.4, 0.5) is 0 Å². The van der Waals surface area contributed by atoms with Crippen LogP contribution in [0.2, 0.25) is 16.6 Å². The second kappa shape index (κ2) is 10.7. The van der Waals surface area contributed by atoms with Gasteiger partial charge in [0.2, 0.25) is 0 Å². The third-order valence-corrected chi connectivity index (χ3v) is 17.5. The summed E-state index contributed by atoms with van der Waals surface area (Å²) < 4.78 is 34.2. The molecule has 0 aromatic carbocycles. The van der Waals surface area contributed by atoms with Gasteiger partial charge in [-0.05, 0) is 0 Å². The molecule has 0 bridgehead atoms. The minimum absolute atomic E-state index is 0.414.